The number of nitrogens with two attached hydrogens (primary N) is 4. The summed E-state index contributed by atoms with van der Waals surface area (Å²) in [6, 6.07) is 0. The van der Waals surface area contributed by atoms with Gasteiger partial charge in [-0.1, -0.05) is 21.6 Å². The molecule has 0 amide bonds. The normalized spacial score (nSPS) is 10.4. The van der Waals surface area contributed by atoms with Gasteiger partial charge in [0.15, 0.2) is 11.9 Å². The molecule has 0 saturated heterocycles. The highest BCUT2D eigenvalue weighted by atomic mass is 33.1. The molecular formula is C10H14N8S4. The van der Waals surface area contributed by atoms with Crippen LogP contribution in [0.3, 0.4) is 0 Å². The molecule has 2 rings (SSSR count). The first-order chi connectivity index (χ1) is 10.5. The summed E-state index contributed by atoms with van der Waals surface area (Å²) < 4.78 is 0. The Morgan fingerprint density at radius 3 is 1.64 bits per heavy atom. The van der Waals surface area contributed by atoms with Crippen molar-refractivity contribution < 1.29 is 0 Å². The van der Waals surface area contributed by atoms with Gasteiger partial charge in [-0.3, -0.25) is 0 Å². The quantitative estimate of drug-likeness (QED) is 0.246. The maximum absolute atomic E-state index is 5.31. The first-order valence-electron chi connectivity index (χ1n) is 5.85. The van der Waals surface area contributed by atoms with E-state index in [9.17, 15) is 0 Å². The second-order valence-electron chi connectivity index (χ2n) is 3.84. The minimum absolute atomic E-state index is 0.0167. The average Bonchev–Trinajstić information content (AvgIpc) is 3.03. The highest BCUT2D eigenvalue weighted by Gasteiger charge is 2.04. The zero-order valence-electron chi connectivity index (χ0n) is 11.3. The van der Waals surface area contributed by atoms with Crippen molar-refractivity contribution >= 4 is 66.4 Å². The lowest BCUT2D eigenvalue weighted by Gasteiger charge is -1.96. The predicted molar refractivity (Wildman–Crippen MR) is 97.8 cm³/mol. The van der Waals surface area contributed by atoms with Gasteiger partial charge >= 0.3 is 0 Å². The van der Waals surface area contributed by atoms with E-state index in [4.69, 9.17) is 22.9 Å². The lowest BCUT2D eigenvalue weighted by atomic mass is 10.6. The summed E-state index contributed by atoms with van der Waals surface area (Å²) in [5.41, 5.74) is 23.1. The minimum Gasteiger partial charge on any atom is -0.370 e. The Morgan fingerprint density at radius 1 is 0.864 bits per heavy atom. The van der Waals surface area contributed by atoms with Crippen molar-refractivity contribution in [2.45, 2.75) is 11.5 Å². The molecular weight excluding hydrogens is 360 g/mol. The smallest absolute Gasteiger partial charge is 0.212 e. The van der Waals surface area contributed by atoms with Crippen LogP contribution < -0.4 is 22.9 Å². The molecule has 0 aliphatic carbocycles. The summed E-state index contributed by atoms with van der Waals surface area (Å²) in [7, 11) is 3.37. The Bertz CT molecular complexity index is 610. The van der Waals surface area contributed by atoms with Gasteiger partial charge in [-0.15, -0.1) is 22.7 Å². The number of guanidine groups is 2. The Hall–Kier alpha value is -1.50. The van der Waals surface area contributed by atoms with Crippen LogP contribution in [0.5, 0.6) is 0 Å². The van der Waals surface area contributed by atoms with Crippen molar-refractivity contribution in [3.8, 4) is 0 Å². The average molecular weight is 375 g/mol. The molecule has 8 N–H and O–H groups in total. The monoisotopic (exact) mass is 374 g/mol. The standard InChI is InChI=1S/C10H14N8S4/c11-7(12)17-9-15-5(1-19-9)3-21-22-4-6-2-20-10(16-6)18-8(13)14/h1-2H,3-4H2,(H4,11,12,15,17)(H4,13,14,16,18). The third-order valence-electron chi connectivity index (χ3n) is 2.03. The van der Waals surface area contributed by atoms with E-state index < -0.39 is 0 Å². The largest absolute Gasteiger partial charge is 0.370 e. The summed E-state index contributed by atoms with van der Waals surface area (Å²) in [5, 5.41) is 5.02. The second-order valence-corrected chi connectivity index (χ2v) is 7.98. The molecule has 0 bridgehead atoms. The lowest BCUT2D eigenvalue weighted by molar-refractivity contribution is 1.21. The number of aliphatic imine (C=N–C) groups is 2. The Balaban J connectivity index is 1.75. The van der Waals surface area contributed by atoms with Crippen LogP contribution in [0.2, 0.25) is 0 Å². The molecule has 0 aliphatic heterocycles. The maximum Gasteiger partial charge on any atom is 0.212 e. The number of hydrogen-bond acceptors (Lipinski definition) is 8. The summed E-state index contributed by atoms with van der Waals surface area (Å²) in [6.07, 6.45) is 0. The van der Waals surface area contributed by atoms with E-state index in [-0.39, 0.29) is 11.9 Å². The van der Waals surface area contributed by atoms with Gasteiger partial charge in [-0.2, -0.15) is 9.98 Å². The first-order valence-corrected chi connectivity index (χ1v) is 10.1. The molecule has 8 nitrogen and oxygen atoms in total. The summed E-state index contributed by atoms with van der Waals surface area (Å²) in [5.74, 6) is 1.57. The van der Waals surface area contributed by atoms with Gasteiger partial charge in [0.2, 0.25) is 10.3 Å². The van der Waals surface area contributed by atoms with E-state index in [1.807, 2.05) is 10.8 Å². The van der Waals surface area contributed by atoms with Crippen molar-refractivity contribution in [1.82, 2.24) is 9.97 Å². The molecule has 2 heterocycles. The minimum atomic E-state index is 0.0167. The van der Waals surface area contributed by atoms with Crippen LogP contribution >= 0.6 is 44.3 Å². The van der Waals surface area contributed by atoms with Crippen LogP contribution in [0.1, 0.15) is 11.4 Å². The molecule has 2 aromatic rings. The van der Waals surface area contributed by atoms with E-state index in [1.165, 1.54) is 22.7 Å². The number of nitrogens with zero attached hydrogens (tertiary/aromatic N) is 4. The van der Waals surface area contributed by atoms with E-state index >= 15 is 0 Å². The maximum atomic E-state index is 5.31. The van der Waals surface area contributed by atoms with E-state index in [2.05, 4.69) is 20.0 Å². The third-order valence-corrected chi connectivity index (χ3v) is 5.79. The zero-order valence-corrected chi connectivity index (χ0v) is 14.6. The van der Waals surface area contributed by atoms with Crippen LogP contribution in [0.25, 0.3) is 0 Å². The number of hydrogen-bond donors (Lipinski definition) is 4. The molecule has 0 aliphatic rings. The van der Waals surface area contributed by atoms with Crippen LogP contribution in [-0.2, 0) is 11.5 Å². The van der Waals surface area contributed by atoms with Crippen molar-refractivity contribution in [3.05, 3.63) is 22.1 Å². The van der Waals surface area contributed by atoms with E-state index in [0.29, 0.717) is 10.3 Å². The molecule has 2 aromatic heterocycles. The molecule has 0 spiro atoms. The van der Waals surface area contributed by atoms with Gasteiger partial charge in [0, 0.05) is 22.3 Å². The summed E-state index contributed by atoms with van der Waals surface area (Å²) >= 11 is 2.82. The highest BCUT2D eigenvalue weighted by Crippen LogP contribution is 2.32. The molecule has 0 saturated carbocycles. The van der Waals surface area contributed by atoms with Crippen molar-refractivity contribution in [1.29, 1.82) is 0 Å². The van der Waals surface area contributed by atoms with Crippen LogP contribution in [0.4, 0.5) is 10.3 Å². The second kappa shape index (κ2) is 8.22. The predicted octanol–water partition coefficient (Wildman–Crippen LogP) is 1.49. The highest BCUT2D eigenvalue weighted by molar-refractivity contribution is 8.76. The fourth-order valence-electron chi connectivity index (χ4n) is 1.25. The fraction of sp³-hybridized carbons (Fsp3) is 0.200. The molecule has 0 fully saturated rings. The lowest BCUT2D eigenvalue weighted by Crippen LogP contribution is -2.21. The topological polar surface area (TPSA) is 155 Å². The van der Waals surface area contributed by atoms with Gasteiger partial charge in [-0.05, 0) is 0 Å². The Morgan fingerprint density at radius 2 is 1.27 bits per heavy atom. The first kappa shape index (κ1) is 16.9. The van der Waals surface area contributed by atoms with Gasteiger partial charge < -0.3 is 22.9 Å². The fourth-order valence-corrected chi connectivity index (χ4v) is 4.80. The van der Waals surface area contributed by atoms with Crippen LogP contribution in [0, 0.1) is 0 Å². The van der Waals surface area contributed by atoms with Crippen molar-refractivity contribution in [2.24, 2.45) is 32.9 Å². The molecule has 0 unspecified atom stereocenters. The number of aromatic nitrogens is 2. The molecule has 118 valence electrons. The summed E-state index contributed by atoms with van der Waals surface area (Å²) in [6.45, 7) is 0. The Labute approximate surface area is 142 Å². The van der Waals surface area contributed by atoms with Gasteiger partial charge in [0.1, 0.15) is 0 Å². The van der Waals surface area contributed by atoms with Crippen molar-refractivity contribution in [3.63, 3.8) is 0 Å². The van der Waals surface area contributed by atoms with Gasteiger partial charge in [0.25, 0.3) is 0 Å². The SMILES string of the molecule is NC(N)=Nc1nc(CSSCc2csc(N=C(N)N)n2)cs1. The summed E-state index contributed by atoms with van der Waals surface area (Å²) in [4.78, 5) is 16.4. The van der Waals surface area contributed by atoms with Crippen LogP contribution in [0.15, 0.2) is 20.7 Å². The Kier molecular flexibility index (Phi) is 6.30. The molecule has 0 atom stereocenters. The van der Waals surface area contributed by atoms with Gasteiger partial charge in [0.05, 0.1) is 11.4 Å². The number of thiazole rings is 2. The molecule has 12 heteroatoms. The third kappa shape index (κ3) is 5.71. The van der Waals surface area contributed by atoms with Crippen LogP contribution in [-0.4, -0.2) is 21.9 Å². The van der Waals surface area contributed by atoms with E-state index in [1.54, 1.807) is 21.6 Å². The molecule has 22 heavy (non-hydrogen) atoms. The van der Waals surface area contributed by atoms with Gasteiger partial charge in [-0.25, -0.2) is 9.97 Å². The molecule has 0 aromatic carbocycles. The zero-order chi connectivity index (χ0) is 15.9. The molecule has 0 radical (unpaired) electrons. The van der Waals surface area contributed by atoms with Crippen molar-refractivity contribution in [2.75, 3.05) is 0 Å². The number of rotatable bonds is 7. The van der Waals surface area contributed by atoms with E-state index in [0.717, 1.165) is 22.9 Å².